The first kappa shape index (κ1) is 18.5. The molecular formula is C17H21N5O2S2. The number of anilines is 2. The molecule has 0 unspecified atom stereocenters. The normalized spacial score (nSPS) is 14.3. The summed E-state index contributed by atoms with van der Waals surface area (Å²) >= 11 is 2.86. The van der Waals surface area contributed by atoms with Crippen LogP contribution in [-0.4, -0.2) is 64.6 Å². The lowest BCUT2D eigenvalue weighted by Crippen LogP contribution is -2.49. The van der Waals surface area contributed by atoms with Crippen LogP contribution in [0, 0.1) is 0 Å². The van der Waals surface area contributed by atoms with E-state index in [1.54, 1.807) is 18.2 Å². The average Bonchev–Trinajstić information content (AvgIpc) is 3.13. The molecular weight excluding hydrogens is 370 g/mol. The van der Waals surface area contributed by atoms with Gasteiger partial charge in [0.1, 0.15) is 5.75 Å². The maximum absolute atomic E-state index is 12.4. The van der Waals surface area contributed by atoms with Gasteiger partial charge in [0.25, 0.3) is 0 Å². The number of carbonyl (C=O) groups is 1. The van der Waals surface area contributed by atoms with Gasteiger partial charge in [-0.25, -0.2) is 0 Å². The second-order valence-corrected chi connectivity index (χ2v) is 7.92. The van der Waals surface area contributed by atoms with E-state index in [0.29, 0.717) is 25.4 Å². The largest absolute Gasteiger partial charge is 0.508 e. The molecule has 0 spiro atoms. The zero-order valence-electron chi connectivity index (χ0n) is 14.3. The van der Waals surface area contributed by atoms with Crippen LogP contribution < -0.4 is 10.2 Å². The summed E-state index contributed by atoms with van der Waals surface area (Å²) in [5.74, 6) is 0.755. The van der Waals surface area contributed by atoms with E-state index in [9.17, 15) is 9.90 Å². The van der Waals surface area contributed by atoms with E-state index in [2.05, 4.69) is 27.0 Å². The summed E-state index contributed by atoms with van der Waals surface area (Å²) in [5.41, 5.74) is 1.07. The Bertz CT molecular complexity index is 742. The summed E-state index contributed by atoms with van der Waals surface area (Å²) < 4.78 is 0.785. The molecule has 7 nitrogen and oxygen atoms in total. The van der Waals surface area contributed by atoms with Crippen molar-refractivity contribution in [1.82, 2.24) is 15.1 Å². The molecule has 0 aliphatic carbocycles. The maximum atomic E-state index is 12.4. The lowest BCUT2D eigenvalue weighted by molar-refractivity contribution is -0.128. The molecule has 2 N–H and O–H groups in total. The van der Waals surface area contributed by atoms with Crippen LogP contribution in [0.25, 0.3) is 0 Å². The Balaban J connectivity index is 1.44. The zero-order chi connectivity index (χ0) is 18.4. The molecule has 1 aliphatic heterocycles. The van der Waals surface area contributed by atoms with Crippen LogP contribution in [0.3, 0.4) is 0 Å². The molecule has 26 heavy (non-hydrogen) atoms. The first-order chi connectivity index (χ1) is 12.7. The van der Waals surface area contributed by atoms with Crippen LogP contribution in [0.1, 0.15) is 0 Å². The van der Waals surface area contributed by atoms with Crippen molar-refractivity contribution < 1.29 is 9.90 Å². The monoisotopic (exact) mass is 391 g/mol. The third-order valence-electron chi connectivity index (χ3n) is 3.97. The summed E-state index contributed by atoms with van der Waals surface area (Å²) in [6.07, 6.45) is 1.76. The SMILES string of the molecule is C=CCNc1nnc(SCC(=O)N2CCN(c3ccc(O)cc3)CC2)s1. The number of benzene rings is 1. The molecule has 1 aromatic heterocycles. The summed E-state index contributed by atoms with van der Waals surface area (Å²) in [7, 11) is 0. The number of amides is 1. The topological polar surface area (TPSA) is 81.6 Å². The van der Waals surface area contributed by atoms with Crippen LogP contribution >= 0.6 is 23.1 Å². The minimum Gasteiger partial charge on any atom is -0.508 e. The fourth-order valence-electron chi connectivity index (χ4n) is 2.59. The second kappa shape index (κ2) is 8.91. The molecule has 1 fully saturated rings. The molecule has 0 atom stereocenters. The number of hydrogen-bond donors (Lipinski definition) is 2. The van der Waals surface area contributed by atoms with Crippen LogP contribution in [0.2, 0.25) is 0 Å². The number of piperazine rings is 1. The number of phenols is 1. The number of phenolic OH excluding ortho intramolecular Hbond substituents is 1. The van der Waals surface area contributed by atoms with Crippen LogP contribution in [0.4, 0.5) is 10.8 Å². The molecule has 9 heteroatoms. The highest BCUT2D eigenvalue weighted by Gasteiger charge is 2.21. The molecule has 138 valence electrons. The fourth-order valence-corrected chi connectivity index (χ4v) is 4.25. The Kier molecular flexibility index (Phi) is 6.35. The van der Waals surface area contributed by atoms with Crippen molar-refractivity contribution in [2.75, 3.05) is 48.7 Å². The fraction of sp³-hybridized carbons (Fsp3) is 0.353. The molecule has 2 heterocycles. The van der Waals surface area contributed by atoms with Gasteiger partial charge in [0.15, 0.2) is 4.34 Å². The molecule has 2 aromatic rings. The smallest absolute Gasteiger partial charge is 0.233 e. The molecule has 0 saturated carbocycles. The highest BCUT2D eigenvalue weighted by atomic mass is 32.2. The van der Waals surface area contributed by atoms with Crippen LogP contribution in [-0.2, 0) is 4.79 Å². The van der Waals surface area contributed by atoms with Crippen LogP contribution in [0.15, 0.2) is 41.3 Å². The summed E-state index contributed by atoms with van der Waals surface area (Å²) in [6.45, 7) is 7.26. The van der Waals surface area contributed by atoms with E-state index >= 15 is 0 Å². The first-order valence-corrected chi connectivity index (χ1v) is 10.1. The Morgan fingerprint density at radius 3 is 2.69 bits per heavy atom. The van der Waals surface area contributed by atoms with Gasteiger partial charge in [-0.1, -0.05) is 29.2 Å². The highest BCUT2D eigenvalue weighted by molar-refractivity contribution is 8.01. The number of thioether (sulfide) groups is 1. The van der Waals surface area contributed by atoms with E-state index in [4.69, 9.17) is 0 Å². The van der Waals surface area contributed by atoms with Crippen molar-refractivity contribution >= 4 is 39.8 Å². The van der Waals surface area contributed by atoms with Gasteiger partial charge in [0.2, 0.25) is 11.0 Å². The van der Waals surface area contributed by atoms with Crippen molar-refractivity contribution in [3.05, 3.63) is 36.9 Å². The maximum Gasteiger partial charge on any atom is 0.233 e. The molecule has 0 bridgehead atoms. The summed E-state index contributed by atoms with van der Waals surface area (Å²) in [5, 5.41) is 21.3. The van der Waals surface area contributed by atoms with Gasteiger partial charge in [0.05, 0.1) is 5.75 Å². The van der Waals surface area contributed by atoms with Crippen molar-refractivity contribution in [3.63, 3.8) is 0 Å². The van der Waals surface area contributed by atoms with Gasteiger partial charge in [-0.3, -0.25) is 4.79 Å². The number of nitrogens with zero attached hydrogens (tertiary/aromatic N) is 4. The third-order valence-corrected chi connectivity index (χ3v) is 5.97. The van der Waals surface area contributed by atoms with E-state index in [0.717, 1.165) is 28.2 Å². The minimum absolute atomic E-state index is 0.121. The highest BCUT2D eigenvalue weighted by Crippen LogP contribution is 2.26. The Labute approximate surface area is 160 Å². The Hall–Kier alpha value is -2.26. The minimum atomic E-state index is 0.121. The van der Waals surface area contributed by atoms with E-state index in [1.165, 1.54) is 23.1 Å². The van der Waals surface area contributed by atoms with Crippen molar-refractivity contribution in [2.24, 2.45) is 0 Å². The van der Waals surface area contributed by atoms with E-state index < -0.39 is 0 Å². The summed E-state index contributed by atoms with van der Waals surface area (Å²) in [6, 6.07) is 7.17. The quantitative estimate of drug-likeness (QED) is 0.553. The van der Waals surface area contributed by atoms with E-state index in [-0.39, 0.29) is 11.7 Å². The van der Waals surface area contributed by atoms with Crippen molar-refractivity contribution in [2.45, 2.75) is 4.34 Å². The predicted octanol–water partition coefficient (Wildman–Crippen LogP) is 2.28. The Morgan fingerprint density at radius 1 is 1.27 bits per heavy atom. The van der Waals surface area contributed by atoms with Gasteiger partial charge in [-0.15, -0.1) is 16.8 Å². The Morgan fingerprint density at radius 2 is 2.00 bits per heavy atom. The van der Waals surface area contributed by atoms with Gasteiger partial charge >= 0.3 is 0 Å². The first-order valence-electron chi connectivity index (χ1n) is 8.28. The van der Waals surface area contributed by atoms with Gasteiger partial charge < -0.3 is 20.2 Å². The number of nitrogens with one attached hydrogen (secondary N) is 1. The number of rotatable bonds is 7. The van der Waals surface area contributed by atoms with Crippen molar-refractivity contribution in [3.8, 4) is 5.75 Å². The predicted molar refractivity (Wildman–Crippen MR) is 106 cm³/mol. The number of aromatic hydroxyl groups is 1. The lowest BCUT2D eigenvalue weighted by atomic mass is 10.2. The second-order valence-electron chi connectivity index (χ2n) is 5.72. The van der Waals surface area contributed by atoms with Gasteiger partial charge in [-0.2, -0.15) is 0 Å². The average molecular weight is 392 g/mol. The molecule has 1 aliphatic rings. The van der Waals surface area contributed by atoms with E-state index in [1.807, 2.05) is 17.0 Å². The van der Waals surface area contributed by atoms with Crippen molar-refractivity contribution in [1.29, 1.82) is 0 Å². The number of carbonyl (C=O) groups excluding carboxylic acids is 1. The molecule has 0 radical (unpaired) electrons. The van der Waals surface area contributed by atoms with Gasteiger partial charge in [-0.05, 0) is 24.3 Å². The molecule has 1 aromatic carbocycles. The standard InChI is InChI=1S/C17H21N5O2S2/c1-2-7-18-16-19-20-17(26-16)25-12-15(24)22-10-8-21(9-11-22)13-3-5-14(23)6-4-13/h2-6,23H,1,7-12H2,(H,18,19). The molecule has 3 rings (SSSR count). The lowest BCUT2D eigenvalue weighted by Gasteiger charge is -2.36. The number of aromatic nitrogens is 2. The number of hydrogen-bond acceptors (Lipinski definition) is 8. The molecule has 1 amide bonds. The molecule has 1 saturated heterocycles. The van der Waals surface area contributed by atoms with Gasteiger partial charge in [0, 0.05) is 38.4 Å². The third kappa shape index (κ3) is 4.89. The van der Waals surface area contributed by atoms with Crippen LogP contribution in [0.5, 0.6) is 5.75 Å². The summed E-state index contributed by atoms with van der Waals surface area (Å²) in [4.78, 5) is 16.5. The zero-order valence-corrected chi connectivity index (χ0v) is 15.9.